The van der Waals surface area contributed by atoms with Gasteiger partial charge in [0.25, 0.3) is 0 Å². The Morgan fingerprint density at radius 2 is 1.05 bits per heavy atom. The highest BCUT2D eigenvalue weighted by Gasteiger charge is 2.46. The average Bonchev–Trinajstić information content (AvgIpc) is 2.99. The number of hydrogen-bond donors (Lipinski definition) is 0. The van der Waals surface area contributed by atoms with Crippen LogP contribution in [0.15, 0.2) is 126 Å². The number of hydrogen-bond acceptors (Lipinski definition) is 5. The summed E-state index contributed by atoms with van der Waals surface area (Å²) in [6.45, 7) is 4.14. The second kappa shape index (κ2) is 14.5. The van der Waals surface area contributed by atoms with Crippen molar-refractivity contribution in [3.05, 3.63) is 138 Å². The summed E-state index contributed by atoms with van der Waals surface area (Å²) in [6, 6.07) is 41.2. The molecule has 1 fully saturated rings. The highest BCUT2D eigenvalue weighted by Crippen LogP contribution is 2.39. The highest BCUT2D eigenvalue weighted by atomic mass is 32.2. The molecule has 1 heterocycles. The van der Waals surface area contributed by atoms with Crippen molar-refractivity contribution in [3.63, 3.8) is 0 Å². The van der Waals surface area contributed by atoms with Crippen LogP contribution >= 0.6 is 11.8 Å². The van der Waals surface area contributed by atoms with E-state index in [4.69, 9.17) is 18.9 Å². The topological polar surface area (TPSA) is 36.9 Å². The number of thioether (sulfide) groups is 1. The maximum atomic E-state index is 6.76. The van der Waals surface area contributed by atoms with E-state index in [0.29, 0.717) is 26.4 Å². The largest absolute Gasteiger partial charge is 0.374 e. The van der Waals surface area contributed by atoms with Gasteiger partial charge < -0.3 is 18.9 Å². The molecule has 39 heavy (non-hydrogen) atoms. The van der Waals surface area contributed by atoms with E-state index in [1.807, 2.05) is 60.7 Å². The Balaban J connectivity index is 1.37. The first-order chi connectivity index (χ1) is 19.3. The molecule has 5 rings (SSSR count). The van der Waals surface area contributed by atoms with Crippen molar-refractivity contribution in [3.8, 4) is 0 Å². The van der Waals surface area contributed by atoms with Gasteiger partial charge in [0, 0.05) is 10.8 Å². The third-order valence-electron chi connectivity index (χ3n) is 6.91. The first-order valence-electron chi connectivity index (χ1n) is 13.6. The van der Waals surface area contributed by atoms with Crippen molar-refractivity contribution >= 4 is 11.8 Å². The van der Waals surface area contributed by atoms with E-state index in [0.717, 1.165) is 16.7 Å². The molecule has 202 valence electrons. The summed E-state index contributed by atoms with van der Waals surface area (Å²) in [5.41, 5.74) is 3.30. The fourth-order valence-corrected chi connectivity index (χ4v) is 5.94. The lowest BCUT2D eigenvalue weighted by Gasteiger charge is -2.45. The molecule has 1 saturated heterocycles. The van der Waals surface area contributed by atoms with Gasteiger partial charge in [0.1, 0.15) is 17.6 Å². The van der Waals surface area contributed by atoms with Crippen LogP contribution in [0.3, 0.4) is 0 Å². The van der Waals surface area contributed by atoms with Gasteiger partial charge in [-0.15, -0.1) is 0 Å². The van der Waals surface area contributed by atoms with Crippen LogP contribution in [0, 0.1) is 5.92 Å². The van der Waals surface area contributed by atoms with Crippen molar-refractivity contribution < 1.29 is 18.9 Å². The molecular weight excluding hydrogens is 504 g/mol. The molecule has 2 unspecified atom stereocenters. The van der Waals surface area contributed by atoms with Crippen molar-refractivity contribution in [1.29, 1.82) is 0 Å². The molecule has 0 radical (unpaired) electrons. The van der Waals surface area contributed by atoms with E-state index >= 15 is 0 Å². The fourth-order valence-electron chi connectivity index (χ4n) is 4.79. The van der Waals surface area contributed by atoms with Crippen LogP contribution in [0.5, 0.6) is 0 Å². The molecule has 5 atom stereocenters. The Morgan fingerprint density at radius 3 is 1.59 bits per heavy atom. The third kappa shape index (κ3) is 8.04. The van der Waals surface area contributed by atoms with Gasteiger partial charge in [-0.3, -0.25) is 0 Å². The molecule has 1 aliphatic heterocycles. The summed E-state index contributed by atoms with van der Waals surface area (Å²) in [6.07, 6.45) is -0.739. The van der Waals surface area contributed by atoms with Crippen molar-refractivity contribution in [2.24, 2.45) is 5.92 Å². The molecule has 0 N–H and O–H groups in total. The molecule has 0 saturated carbocycles. The minimum atomic E-state index is -0.285. The maximum absolute atomic E-state index is 6.76. The normalized spacial score (nSPS) is 22.9. The summed E-state index contributed by atoms with van der Waals surface area (Å²) >= 11 is 1.73. The van der Waals surface area contributed by atoms with E-state index in [-0.39, 0.29) is 29.7 Å². The Kier molecular flexibility index (Phi) is 10.2. The predicted octanol–water partition coefficient (Wildman–Crippen LogP) is 7.53. The molecule has 0 bridgehead atoms. The van der Waals surface area contributed by atoms with Gasteiger partial charge in [-0.25, -0.2) is 0 Å². The van der Waals surface area contributed by atoms with Gasteiger partial charge in [0.15, 0.2) is 0 Å². The first kappa shape index (κ1) is 27.6. The summed E-state index contributed by atoms with van der Waals surface area (Å²) in [5, 5.41) is 0. The van der Waals surface area contributed by atoms with Crippen LogP contribution < -0.4 is 0 Å². The molecule has 0 aromatic heterocycles. The molecule has 4 nitrogen and oxygen atoms in total. The van der Waals surface area contributed by atoms with Crippen LogP contribution in [-0.2, 0) is 38.8 Å². The molecule has 1 aliphatic rings. The lowest BCUT2D eigenvalue weighted by atomic mass is 9.93. The third-order valence-corrected chi connectivity index (χ3v) is 8.22. The fraction of sp³-hybridized carbons (Fsp3) is 0.294. The van der Waals surface area contributed by atoms with E-state index in [1.54, 1.807) is 11.8 Å². The van der Waals surface area contributed by atoms with Crippen molar-refractivity contribution in [2.45, 2.75) is 55.4 Å². The zero-order valence-corrected chi connectivity index (χ0v) is 23.1. The minimum absolute atomic E-state index is 0.0880. The Labute approximate surface area is 236 Å². The van der Waals surface area contributed by atoms with Gasteiger partial charge >= 0.3 is 0 Å². The molecule has 0 aliphatic carbocycles. The maximum Gasteiger partial charge on any atom is 0.113 e. The summed E-state index contributed by atoms with van der Waals surface area (Å²) in [5.74, 6) is 0.0880. The van der Waals surface area contributed by atoms with Crippen LogP contribution in [-0.4, -0.2) is 30.4 Å². The zero-order valence-electron chi connectivity index (χ0n) is 22.3. The number of benzene rings is 4. The van der Waals surface area contributed by atoms with Gasteiger partial charge in [-0.2, -0.15) is 0 Å². The van der Waals surface area contributed by atoms with Gasteiger partial charge in [0.05, 0.1) is 32.5 Å². The lowest BCUT2D eigenvalue weighted by Crippen LogP contribution is -2.56. The van der Waals surface area contributed by atoms with Gasteiger partial charge in [-0.1, -0.05) is 128 Å². The summed E-state index contributed by atoms with van der Waals surface area (Å²) in [4.78, 5) is 1.17. The van der Waals surface area contributed by atoms with Gasteiger partial charge in [0.2, 0.25) is 0 Å². The smallest absolute Gasteiger partial charge is 0.113 e. The molecule has 0 spiro atoms. The number of ether oxygens (including phenoxy) is 4. The monoisotopic (exact) mass is 540 g/mol. The van der Waals surface area contributed by atoms with E-state index in [1.165, 1.54) is 4.90 Å². The van der Waals surface area contributed by atoms with Gasteiger partial charge in [-0.05, 0) is 28.8 Å². The standard InChI is InChI=1S/C34H36O4S/c1-26-32(36-23-28-16-8-3-9-17-28)33(37-24-29-18-10-4-11-19-29)31(25-35-22-27-14-6-2-7-15-27)38-34(26)39-30-20-12-5-13-21-30/h2-21,26,31-34H,22-25H2,1H3/t26?,31?,32-,33+,34-/m1/s1. The quantitative estimate of drug-likeness (QED) is 0.186. The van der Waals surface area contributed by atoms with E-state index in [2.05, 4.69) is 67.6 Å². The second-order valence-corrected chi connectivity index (χ2v) is 11.0. The second-order valence-electron chi connectivity index (χ2n) is 9.86. The van der Waals surface area contributed by atoms with Crippen LogP contribution in [0.2, 0.25) is 0 Å². The van der Waals surface area contributed by atoms with Crippen LogP contribution in [0.25, 0.3) is 0 Å². The minimum Gasteiger partial charge on any atom is -0.374 e. The molecule has 5 heteroatoms. The molecular formula is C34H36O4S. The SMILES string of the molecule is CC1[C@@H](Sc2ccccc2)OC(COCc2ccccc2)[C@H](OCc2ccccc2)[C@@H]1OCc1ccccc1. The molecule has 0 amide bonds. The number of rotatable bonds is 12. The van der Waals surface area contributed by atoms with Crippen molar-refractivity contribution in [1.82, 2.24) is 0 Å². The highest BCUT2D eigenvalue weighted by molar-refractivity contribution is 7.99. The van der Waals surface area contributed by atoms with E-state index in [9.17, 15) is 0 Å². The van der Waals surface area contributed by atoms with Crippen molar-refractivity contribution in [2.75, 3.05) is 6.61 Å². The Morgan fingerprint density at radius 1 is 0.590 bits per heavy atom. The predicted molar refractivity (Wildman–Crippen MR) is 156 cm³/mol. The zero-order chi connectivity index (χ0) is 26.7. The van der Waals surface area contributed by atoms with E-state index < -0.39 is 0 Å². The lowest BCUT2D eigenvalue weighted by molar-refractivity contribution is -0.224. The summed E-state index contributed by atoms with van der Waals surface area (Å²) < 4.78 is 26.3. The Hall–Kier alpha value is -2.93. The van der Waals surface area contributed by atoms with Crippen LogP contribution in [0.1, 0.15) is 23.6 Å². The summed E-state index contributed by atoms with van der Waals surface area (Å²) in [7, 11) is 0. The molecule has 4 aromatic rings. The molecule has 4 aromatic carbocycles. The van der Waals surface area contributed by atoms with Crippen LogP contribution in [0.4, 0.5) is 0 Å². The first-order valence-corrected chi connectivity index (χ1v) is 14.4. The average molecular weight is 541 g/mol. The Bertz CT molecular complexity index is 1220.